The van der Waals surface area contributed by atoms with Crippen LogP contribution in [0.5, 0.6) is 0 Å². The zero-order valence-electron chi connectivity index (χ0n) is 20.7. The second-order valence-corrected chi connectivity index (χ2v) is 7.54. The number of carbonyl (C=O) groups excluding carboxylic acids is 1. The van der Waals surface area contributed by atoms with Crippen LogP contribution in [0.15, 0.2) is 85.1 Å². The van der Waals surface area contributed by atoms with Crippen molar-refractivity contribution in [2.45, 2.75) is 20.8 Å². The maximum absolute atomic E-state index is 13.4. The van der Waals surface area contributed by atoms with E-state index in [1.54, 1.807) is 68.4 Å². The van der Waals surface area contributed by atoms with Crippen molar-refractivity contribution in [2.24, 2.45) is 64.9 Å². The molecule has 0 fully saturated rings. The first-order valence-electron chi connectivity index (χ1n) is 10.8. The van der Waals surface area contributed by atoms with E-state index >= 15 is 0 Å². The third-order valence-electron chi connectivity index (χ3n) is 4.83. The van der Waals surface area contributed by atoms with Crippen LogP contribution in [-0.2, 0) is 4.79 Å². The van der Waals surface area contributed by atoms with E-state index in [4.69, 9.17) is 39.4 Å². The number of benzene rings is 2. The lowest BCUT2D eigenvalue weighted by molar-refractivity contribution is -0.122. The maximum Gasteiger partial charge on any atom is 0.342 e. The zero-order chi connectivity index (χ0) is 27.6. The van der Waals surface area contributed by atoms with Crippen LogP contribution in [0.25, 0.3) is 0 Å². The van der Waals surface area contributed by atoms with Crippen molar-refractivity contribution in [3.05, 3.63) is 60.2 Å². The SMILES string of the molecule is CC(=O)[N+](C(C)=NN=C(N)N)(C(=Nc1cccc(C(C)=NN=C(N)N)c1)NN=C(N)N)c1ccccc1. The summed E-state index contributed by atoms with van der Waals surface area (Å²) in [6.45, 7) is 4.65. The number of nitrogens with zero attached hydrogens (tertiary/aromatic N) is 7. The van der Waals surface area contributed by atoms with E-state index in [0.717, 1.165) is 0 Å². The Kier molecular flexibility index (Phi) is 9.37. The smallest absolute Gasteiger partial charge is 0.342 e. The molecular formula is C22H31N14O+. The first kappa shape index (κ1) is 27.9. The van der Waals surface area contributed by atoms with E-state index in [0.29, 0.717) is 22.6 Å². The number of guanidine groups is 4. The Bertz CT molecular complexity index is 1300. The standard InChI is InChI=1S/C22H31N14O/c1-13(30-32-19(23)24)16-8-7-9-17(12-16)29-22(35-34-21(27)28)36(15(3)37,14(2)31-33-20(25)26)18-10-5-4-6-11-18/h4-12H,1-3H3,(H,29,35)(H4,23,24,32)(H4,25,26,33)(H4,27,28,34)/q+1. The average molecular weight is 508 g/mol. The minimum absolute atomic E-state index is 0.0184. The van der Waals surface area contributed by atoms with Crippen molar-refractivity contribution in [2.75, 3.05) is 0 Å². The number of rotatable bonds is 6. The molecule has 194 valence electrons. The Morgan fingerprint density at radius 2 is 1.38 bits per heavy atom. The number of nitrogens with two attached hydrogens (primary N) is 6. The first-order chi connectivity index (χ1) is 17.5. The van der Waals surface area contributed by atoms with E-state index in [-0.39, 0.29) is 29.7 Å². The number of carbonyl (C=O) groups is 1. The molecular weight excluding hydrogens is 476 g/mol. The van der Waals surface area contributed by atoms with E-state index in [2.05, 4.69) is 30.9 Å². The molecule has 0 aliphatic carbocycles. The van der Waals surface area contributed by atoms with Gasteiger partial charge >= 0.3 is 11.9 Å². The Labute approximate surface area is 213 Å². The second-order valence-electron chi connectivity index (χ2n) is 7.54. The molecule has 0 aliphatic rings. The fourth-order valence-corrected chi connectivity index (χ4v) is 3.27. The van der Waals surface area contributed by atoms with Gasteiger partial charge in [0.1, 0.15) is 0 Å². The normalized spacial score (nSPS) is 13.6. The number of aliphatic imine (C=N–C) groups is 1. The molecule has 0 saturated heterocycles. The second kappa shape index (κ2) is 12.4. The lowest BCUT2D eigenvalue weighted by atomic mass is 10.1. The summed E-state index contributed by atoms with van der Waals surface area (Å²) >= 11 is 0. The number of amides is 1. The number of nitrogens with one attached hydrogen (secondary N) is 1. The van der Waals surface area contributed by atoms with E-state index in [1.165, 1.54) is 6.92 Å². The monoisotopic (exact) mass is 507 g/mol. The predicted octanol–water partition coefficient (Wildman–Crippen LogP) is -0.390. The van der Waals surface area contributed by atoms with Crippen LogP contribution in [0.3, 0.4) is 0 Å². The largest absolute Gasteiger partial charge is 0.369 e. The van der Waals surface area contributed by atoms with Gasteiger partial charge in [-0.05, 0) is 24.6 Å². The Hall–Kier alpha value is -5.31. The highest BCUT2D eigenvalue weighted by molar-refractivity contribution is 6.26. The summed E-state index contributed by atoms with van der Waals surface area (Å²) in [4.78, 5) is 18.1. The Morgan fingerprint density at radius 1 is 0.757 bits per heavy atom. The molecule has 0 aliphatic heterocycles. The van der Waals surface area contributed by atoms with Crippen molar-refractivity contribution in [3.8, 4) is 0 Å². The van der Waals surface area contributed by atoms with Crippen molar-refractivity contribution < 1.29 is 4.79 Å². The molecule has 0 saturated carbocycles. The van der Waals surface area contributed by atoms with Crippen molar-refractivity contribution in [1.82, 2.24) is 9.91 Å². The maximum atomic E-state index is 13.4. The molecule has 0 spiro atoms. The lowest BCUT2D eigenvalue weighted by Gasteiger charge is -2.32. The summed E-state index contributed by atoms with van der Waals surface area (Å²) in [5, 5.41) is 19.4. The van der Waals surface area contributed by atoms with Gasteiger partial charge in [0.15, 0.2) is 5.69 Å². The number of hydrazone groups is 1. The van der Waals surface area contributed by atoms with Gasteiger partial charge in [-0.25, -0.2) is 10.2 Å². The van der Waals surface area contributed by atoms with E-state index in [1.807, 2.05) is 0 Å². The molecule has 1 unspecified atom stereocenters. The van der Waals surface area contributed by atoms with Crippen LogP contribution in [0.4, 0.5) is 11.4 Å². The number of quaternary nitrogens is 1. The summed E-state index contributed by atoms with van der Waals surface area (Å²) in [6, 6.07) is 15.7. The molecule has 13 N–H and O–H groups in total. The predicted molar refractivity (Wildman–Crippen MR) is 148 cm³/mol. The van der Waals surface area contributed by atoms with Crippen molar-refractivity contribution in [1.29, 1.82) is 0 Å². The molecule has 1 amide bonds. The fraction of sp³-hybridized carbons (Fsp3) is 0.136. The van der Waals surface area contributed by atoms with Crippen LogP contribution in [0.2, 0.25) is 0 Å². The molecule has 0 aromatic heterocycles. The fourth-order valence-electron chi connectivity index (χ4n) is 3.27. The van der Waals surface area contributed by atoms with Gasteiger partial charge in [0.05, 0.1) is 18.3 Å². The van der Waals surface area contributed by atoms with Crippen LogP contribution in [-0.4, -0.2) is 41.3 Å². The number of amidine groups is 1. The first-order valence-corrected chi connectivity index (χ1v) is 10.8. The molecule has 2 aromatic carbocycles. The van der Waals surface area contributed by atoms with Crippen molar-refractivity contribution >= 4 is 52.7 Å². The van der Waals surface area contributed by atoms with Crippen LogP contribution < -0.4 is 44.3 Å². The number of hydrogen-bond donors (Lipinski definition) is 7. The van der Waals surface area contributed by atoms with Crippen LogP contribution in [0, 0.1) is 0 Å². The molecule has 2 aromatic rings. The summed E-state index contributed by atoms with van der Waals surface area (Å²) in [5.41, 5.74) is 37.6. The molecule has 2 rings (SSSR count). The van der Waals surface area contributed by atoms with Gasteiger partial charge in [-0.1, -0.05) is 35.4 Å². The van der Waals surface area contributed by atoms with Gasteiger partial charge in [0.25, 0.3) is 0 Å². The highest BCUT2D eigenvalue weighted by Crippen LogP contribution is 2.28. The Balaban J connectivity index is 2.90. The molecule has 37 heavy (non-hydrogen) atoms. The van der Waals surface area contributed by atoms with Gasteiger partial charge in [-0.3, -0.25) is 0 Å². The minimum atomic E-state index is -0.681. The molecule has 0 heterocycles. The van der Waals surface area contributed by atoms with E-state index in [9.17, 15) is 4.79 Å². The van der Waals surface area contributed by atoms with Crippen molar-refractivity contribution in [3.63, 3.8) is 0 Å². The van der Waals surface area contributed by atoms with Gasteiger partial charge in [0.2, 0.25) is 23.7 Å². The quantitative estimate of drug-likeness (QED) is 0.117. The van der Waals surface area contributed by atoms with Gasteiger partial charge in [0, 0.05) is 19.1 Å². The molecule has 15 heteroatoms. The number of hydrogen-bond acceptors (Lipinski definition) is 7. The number of para-hydroxylation sites is 1. The average Bonchev–Trinajstić information content (AvgIpc) is 2.85. The summed E-state index contributed by atoms with van der Waals surface area (Å²) in [7, 11) is 0. The third kappa shape index (κ3) is 7.09. The Morgan fingerprint density at radius 3 is 1.95 bits per heavy atom. The molecule has 0 radical (unpaired) electrons. The zero-order valence-corrected chi connectivity index (χ0v) is 20.7. The third-order valence-corrected chi connectivity index (χ3v) is 4.83. The van der Waals surface area contributed by atoms with Gasteiger partial charge in [-0.2, -0.15) is 10.1 Å². The van der Waals surface area contributed by atoms with Gasteiger partial charge in [-0.15, -0.1) is 19.8 Å². The van der Waals surface area contributed by atoms with Crippen LogP contribution in [0.1, 0.15) is 26.3 Å². The van der Waals surface area contributed by atoms with E-state index < -0.39 is 10.4 Å². The summed E-state index contributed by atoms with van der Waals surface area (Å²) < 4.78 is -0.681. The van der Waals surface area contributed by atoms with Crippen LogP contribution >= 0.6 is 0 Å². The topological polar surface area (TPSA) is 259 Å². The molecule has 15 nitrogen and oxygen atoms in total. The molecule has 0 bridgehead atoms. The molecule has 1 atom stereocenters. The summed E-state index contributed by atoms with van der Waals surface area (Å²) in [5.74, 6) is -1.07. The lowest BCUT2D eigenvalue weighted by Crippen LogP contribution is -2.64. The highest BCUT2D eigenvalue weighted by Gasteiger charge is 2.47. The minimum Gasteiger partial charge on any atom is -0.369 e. The highest BCUT2D eigenvalue weighted by atomic mass is 16.2. The summed E-state index contributed by atoms with van der Waals surface area (Å²) in [6.07, 6.45) is 0. The van der Waals surface area contributed by atoms with Gasteiger partial charge < -0.3 is 34.4 Å².